The van der Waals surface area contributed by atoms with Gasteiger partial charge in [-0.05, 0) is 29.3 Å². The zero-order chi connectivity index (χ0) is 19.7. The zero-order valence-corrected chi connectivity index (χ0v) is 16.1. The molecule has 0 fully saturated rings. The van der Waals surface area contributed by atoms with Crippen molar-refractivity contribution in [1.82, 2.24) is 19.7 Å². The molecule has 3 N–H and O–H groups in total. The van der Waals surface area contributed by atoms with E-state index >= 15 is 0 Å². The summed E-state index contributed by atoms with van der Waals surface area (Å²) in [5.74, 6) is 0.825. The summed E-state index contributed by atoms with van der Waals surface area (Å²) in [6.07, 6.45) is 3.24. The number of aliphatic hydroxyl groups is 1. The largest absolute Gasteiger partial charge is 0.392 e. The summed E-state index contributed by atoms with van der Waals surface area (Å²) in [5, 5.41) is 18.3. The molecule has 0 aliphatic rings. The van der Waals surface area contributed by atoms with Crippen LogP contribution in [0.15, 0.2) is 61.1 Å². The number of nitrogens with zero attached hydrogens (tertiary/aromatic N) is 4. The van der Waals surface area contributed by atoms with Gasteiger partial charge in [-0.25, -0.2) is 4.98 Å². The van der Waals surface area contributed by atoms with Gasteiger partial charge in [-0.15, -0.1) is 10.2 Å². The van der Waals surface area contributed by atoms with Crippen LogP contribution in [0.3, 0.4) is 0 Å². The quantitative estimate of drug-likeness (QED) is 0.519. The Bertz CT molecular complexity index is 1140. The fraction of sp³-hybridized carbons (Fsp3) is 0.0500. The summed E-state index contributed by atoms with van der Waals surface area (Å²) in [5.41, 5.74) is 10.0. The molecule has 28 heavy (non-hydrogen) atoms. The smallest absolute Gasteiger partial charge is 0.172 e. The van der Waals surface area contributed by atoms with Crippen molar-refractivity contribution in [3.8, 4) is 28.2 Å². The van der Waals surface area contributed by atoms with Crippen LogP contribution in [-0.2, 0) is 6.61 Å². The van der Waals surface area contributed by atoms with E-state index in [0.29, 0.717) is 32.9 Å². The van der Waals surface area contributed by atoms with Crippen LogP contribution in [0.2, 0.25) is 10.0 Å². The van der Waals surface area contributed by atoms with E-state index in [1.54, 1.807) is 29.2 Å². The summed E-state index contributed by atoms with van der Waals surface area (Å²) < 4.78 is 1.72. The average molecular weight is 412 g/mol. The Labute approximate surface area is 171 Å². The highest BCUT2D eigenvalue weighted by atomic mass is 35.5. The Hall–Kier alpha value is -2.93. The first-order valence-corrected chi connectivity index (χ1v) is 9.14. The SMILES string of the molecule is Nc1ncc(-c2ccc(CO)cc2)cc1-c1nncn1-c1cccc(Cl)c1Cl. The molecule has 0 saturated carbocycles. The molecule has 0 atom stereocenters. The summed E-state index contributed by atoms with van der Waals surface area (Å²) in [6.45, 7) is -0.00494. The molecule has 0 amide bonds. The monoisotopic (exact) mass is 411 g/mol. The molecule has 0 radical (unpaired) electrons. The molecule has 0 spiro atoms. The predicted octanol–water partition coefficient (Wildman–Crippen LogP) is 4.38. The average Bonchev–Trinajstić information content (AvgIpc) is 3.20. The highest BCUT2D eigenvalue weighted by Crippen LogP contribution is 2.33. The molecule has 8 heteroatoms. The number of hydrogen-bond donors (Lipinski definition) is 2. The number of nitrogens with two attached hydrogens (primary N) is 1. The molecular formula is C20H15Cl2N5O. The van der Waals surface area contributed by atoms with Crippen LogP contribution >= 0.6 is 23.2 Å². The van der Waals surface area contributed by atoms with Gasteiger partial charge in [0.15, 0.2) is 5.82 Å². The molecule has 0 bridgehead atoms. The fourth-order valence-electron chi connectivity index (χ4n) is 2.89. The van der Waals surface area contributed by atoms with Gasteiger partial charge in [-0.2, -0.15) is 0 Å². The molecule has 140 valence electrons. The van der Waals surface area contributed by atoms with Gasteiger partial charge in [0.1, 0.15) is 12.1 Å². The van der Waals surface area contributed by atoms with E-state index in [9.17, 15) is 5.11 Å². The minimum atomic E-state index is -0.00494. The van der Waals surface area contributed by atoms with Gasteiger partial charge in [-0.3, -0.25) is 4.57 Å². The molecule has 0 aliphatic carbocycles. The lowest BCUT2D eigenvalue weighted by molar-refractivity contribution is 0.282. The minimum absolute atomic E-state index is 0.00494. The lowest BCUT2D eigenvalue weighted by Gasteiger charge is -2.12. The first-order chi connectivity index (χ1) is 13.6. The van der Waals surface area contributed by atoms with Gasteiger partial charge in [0.05, 0.1) is 27.9 Å². The van der Waals surface area contributed by atoms with Crippen molar-refractivity contribution in [3.05, 3.63) is 76.7 Å². The maximum atomic E-state index is 9.22. The number of aliphatic hydroxyl groups excluding tert-OH is 1. The molecule has 0 saturated heterocycles. The Kier molecular flexibility index (Phi) is 5.00. The summed E-state index contributed by atoms with van der Waals surface area (Å²) in [7, 11) is 0. The molecule has 2 aromatic heterocycles. The van der Waals surface area contributed by atoms with E-state index in [1.165, 1.54) is 0 Å². The van der Waals surface area contributed by atoms with E-state index in [-0.39, 0.29) is 6.61 Å². The Balaban J connectivity index is 1.82. The van der Waals surface area contributed by atoms with Crippen molar-refractivity contribution in [2.75, 3.05) is 5.73 Å². The Morgan fingerprint density at radius 2 is 1.82 bits per heavy atom. The van der Waals surface area contributed by atoms with Crippen molar-refractivity contribution in [1.29, 1.82) is 0 Å². The van der Waals surface area contributed by atoms with Crippen molar-refractivity contribution in [2.24, 2.45) is 0 Å². The number of anilines is 1. The van der Waals surface area contributed by atoms with Crippen LogP contribution in [0.1, 0.15) is 5.56 Å². The summed E-state index contributed by atoms with van der Waals surface area (Å²) in [6, 6.07) is 14.8. The Morgan fingerprint density at radius 3 is 2.57 bits per heavy atom. The highest BCUT2D eigenvalue weighted by molar-refractivity contribution is 6.43. The highest BCUT2D eigenvalue weighted by Gasteiger charge is 2.17. The van der Waals surface area contributed by atoms with Crippen LogP contribution in [-0.4, -0.2) is 24.9 Å². The molecule has 4 rings (SSSR count). The van der Waals surface area contributed by atoms with E-state index in [1.807, 2.05) is 36.4 Å². The van der Waals surface area contributed by atoms with Gasteiger partial charge in [0, 0.05) is 11.8 Å². The van der Waals surface area contributed by atoms with E-state index in [0.717, 1.165) is 16.7 Å². The number of rotatable bonds is 4. The third kappa shape index (κ3) is 3.33. The minimum Gasteiger partial charge on any atom is -0.392 e. The predicted molar refractivity (Wildman–Crippen MR) is 110 cm³/mol. The van der Waals surface area contributed by atoms with Crippen LogP contribution in [0, 0.1) is 0 Å². The number of nitrogen functional groups attached to an aromatic ring is 1. The van der Waals surface area contributed by atoms with Gasteiger partial charge in [-0.1, -0.05) is 53.5 Å². The molecular weight excluding hydrogens is 397 g/mol. The van der Waals surface area contributed by atoms with E-state index in [4.69, 9.17) is 28.9 Å². The van der Waals surface area contributed by atoms with Crippen LogP contribution < -0.4 is 5.73 Å². The van der Waals surface area contributed by atoms with Crippen molar-refractivity contribution < 1.29 is 5.11 Å². The van der Waals surface area contributed by atoms with Crippen LogP contribution in [0.5, 0.6) is 0 Å². The molecule has 0 unspecified atom stereocenters. The second-order valence-electron chi connectivity index (χ2n) is 6.11. The number of hydrogen-bond acceptors (Lipinski definition) is 5. The van der Waals surface area contributed by atoms with Crippen molar-refractivity contribution in [2.45, 2.75) is 6.61 Å². The number of halogens is 2. The number of aromatic nitrogens is 4. The van der Waals surface area contributed by atoms with E-state index in [2.05, 4.69) is 15.2 Å². The van der Waals surface area contributed by atoms with Crippen LogP contribution in [0.4, 0.5) is 5.82 Å². The topological polar surface area (TPSA) is 89.8 Å². The molecule has 6 nitrogen and oxygen atoms in total. The van der Waals surface area contributed by atoms with Gasteiger partial charge < -0.3 is 10.8 Å². The molecule has 2 aromatic carbocycles. The van der Waals surface area contributed by atoms with E-state index < -0.39 is 0 Å². The zero-order valence-electron chi connectivity index (χ0n) is 14.5. The molecule has 4 aromatic rings. The number of benzene rings is 2. The van der Waals surface area contributed by atoms with Crippen molar-refractivity contribution >= 4 is 29.0 Å². The third-order valence-electron chi connectivity index (χ3n) is 4.37. The second-order valence-corrected chi connectivity index (χ2v) is 6.89. The lowest BCUT2D eigenvalue weighted by Crippen LogP contribution is -2.02. The van der Waals surface area contributed by atoms with Crippen LogP contribution in [0.25, 0.3) is 28.2 Å². The summed E-state index contributed by atoms with van der Waals surface area (Å²) >= 11 is 12.5. The second kappa shape index (κ2) is 7.59. The normalized spacial score (nSPS) is 11.0. The van der Waals surface area contributed by atoms with Gasteiger partial charge in [0.25, 0.3) is 0 Å². The summed E-state index contributed by atoms with van der Waals surface area (Å²) in [4.78, 5) is 4.32. The first kappa shape index (κ1) is 18.4. The Morgan fingerprint density at radius 1 is 1.04 bits per heavy atom. The van der Waals surface area contributed by atoms with Gasteiger partial charge in [0.2, 0.25) is 0 Å². The lowest BCUT2D eigenvalue weighted by atomic mass is 10.0. The van der Waals surface area contributed by atoms with Crippen molar-refractivity contribution in [3.63, 3.8) is 0 Å². The molecule has 2 heterocycles. The fourth-order valence-corrected chi connectivity index (χ4v) is 3.27. The molecule has 0 aliphatic heterocycles. The maximum absolute atomic E-state index is 9.22. The third-order valence-corrected chi connectivity index (χ3v) is 5.18. The van der Waals surface area contributed by atoms with Gasteiger partial charge >= 0.3 is 0 Å². The standard InChI is InChI=1S/C20H15Cl2N5O/c21-16-2-1-3-17(18(16)22)27-11-25-26-20(27)15-8-14(9-24-19(15)23)13-6-4-12(10-28)5-7-13/h1-9,11,28H,10H2,(H2,23,24). The first-order valence-electron chi connectivity index (χ1n) is 8.39. The number of pyridine rings is 1. The maximum Gasteiger partial charge on any atom is 0.172 e.